The van der Waals surface area contributed by atoms with E-state index in [0.29, 0.717) is 0 Å². The molecule has 0 aromatic heterocycles. The van der Waals surface area contributed by atoms with Crippen molar-refractivity contribution in [2.45, 2.75) is 19.8 Å². The Morgan fingerprint density at radius 2 is 2.29 bits per heavy atom. The number of amides is 1. The van der Waals surface area contributed by atoms with Crippen molar-refractivity contribution in [2.75, 3.05) is 6.54 Å². The van der Waals surface area contributed by atoms with E-state index in [1.807, 2.05) is 18.2 Å². The van der Waals surface area contributed by atoms with Gasteiger partial charge in [-0.2, -0.15) is 0 Å². The first-order valence-electron chi connectivity index (χ1n) is 4.87. The minimum atomic E-state index is 0.0564. The zero-order valence-electron chi connectivity index (χ0n) is 8.42. The molecule has 0 unspecified atom stereocenters. The van der Waals surface area contributed by atoms with E-state index in [2.05, 4.69) is 18.3 Å². The summed E-state index contributed by atoms with van der Waals surface area (Å²) >= 11 is 0.795. The number of benzene rings is 1. The molecule has 1 amide bonds. The van der Waals surface area contributed by atoms with E-state index in [1.54, 1.807) is 0 Å². The Kier molecular flexibility index (Phi) is 5.14. The third-order valence-corrected chi connectivity index (χ3v) is 3.36. The number of carbonyl (C=O) groups is 1. The van der Waals surface area contributed by atoms with Gasteiger partial charge in [-0.1, -0.05) is 0 Å². The number of hydrogen-bond acceptors (Lipinski definition) is 1. The number of carbonyl (C=O) groups excluding carboxylic acids is 1. The second-order valence-electron chi connectivity index (χ2n) is 3.23. The molecule has 0 aliphatic rings. The molecule has 72 valence electrons. The monoisotopic (exact) mass is 381 g/mol. The van der Waals surface area contributed by atoms with Crippen LogP contribution in [0.2, 0.25) is 0 Å². The average Bonchev–Trinajstić information content (AvgIpc) is 2.18. The van der Waals surface area contributed by atoms with Gasteiger partial charge in [0.05, 0.1) is 0 Å². The Balaban J connectivity index is 2.52. The number of hydrogen-bond donors (Lipinski definition) is 1. The van der Waals surface area contributed by atoms with Crippen LogP contribution in [0.15, 0.2) is 24.3 Å². The summed E-state index contributed by atoms with van der Waals surface area (Å²) in [7, 11) is 0. The van der Waals surface area contributed by atoms with Crippen molar-refractivity contribution >= 4 is 34.8 Å². The first-order valence-corrected chi connectivity index (χ1v) is 7.12. The molecule has 0 aliphatic carbocycles. The molecule has 1 N–H and O–H groups in total. The Labute approximate surface area is 101 Å². The summed E-state index contributed by atoms with van der Waals surface area (Å²) in [5, 5.41) is 2.91. The fraction of sp³-hybridized carbons (Fsp3) is 0.364. The van der Waals surface area contributed by atoms with Gasteiger partial charge in [-0.3, -0.25) is 0 Å². The first-order chi connectivity index (χ1) is 6.74. The summed E-state index contributed by atoms with van der Waals surface area (Å²) < 4.78 is 1.29. The predicted molar refractivity (Wildman–Crippen MR) is 59.1 cm³/mol. The number of rotatable bonds is 4. The molecule has 1 aromatic carbocycles. The van der Waals surface area contributed by atoms with Crippen molar-refractivity contribution in [1.82, 2.24) is 5.32 Å². The van der Waals surface area contributed by atoms with Crippen LogP contribution >= 0.6 is 0 Å². The van der Waals surface area contributed by atoms with E-state index >= 15 is 0 Å². The molecule has 0 heterocycles. The van der Waals surface area contributed by atoms with E-state index in [0.717, 1.165) is 50.7 Å². The average molecular weight is 381 g/mol. The van der Waals surface area contributed by atoms with Crippen LogP contribution < -0.4 is 8.44 Å². The Bertz CT molecular complexity index is 312. The Morgan fingerprint density at radius 3 is 2.93 bits per heavy atom. The van der Waals surface area contributed by atoms with Crippen molar-refractivity contribution in [2.24, 2.45) is 0 Å². The summed E-state index contributed by atoms with van der Waals surface area (Å²) in [4.78, 5) is 11.6. The normalized spacial score (nSPS) is 9.71. The van der Waals surface area contributed by atoms with E-state index in [1.165, 1.54) is 3.12 Å². The molecular formula is C11H14NOTl. The third-order valence-electron chi connectivity index (χ3n) is 1.96. The summed E-state index contributed by atoms with van der Waals surface area (Å²) in [5.41, 5.74) is 0.793. The summed E-state index contributed by atoms with van der Waals surface area (Å²) in [6.07, 6.45) is 2.16. The summed E-state index contributed by atoms with van der Waals surface area (Å²) in [5.74, 6) is 0.0564. The van der Waals surface area contributed by atoms with Crippen molar-refractivity contribution in [1.29, 1.82) is 0 Å². The van der Waals surface area contributed by atoms with Gasteiger partial charge in [0.25, 0.3) is 0 Å². The molecule has 0 saturated heterocycles. The van der Waals surface area contributed by atoms with Gasteiger partial charge in [-0.05, 0) is 0 Å². The predicted octanol–water partition coefficient (Wildman–Crippen LogP) is 1.01. The summed E-state index contributed by atoms with van der Waals surface area (Å²) in [6.45, 7) is 2.90. The Morgan fingerprint density at radius 1 is 1.50 bits per heavy atom. The molecule has 0 aliphatic heterocycles. The van der Waals surface area contributed by atoms with Crippen LogP contribution in [0.1, 0.15) is 30.1 Å². The van der Waals surface area contributed by atoms with E-state index in [9.17, 15) is 4.79 Å². The quantitative estimate of drug-likeness (QED) is 0.613. The van der Waals surface area contributed by atoms with Crippen molar-refractivity contribution in [3.05, 3.63) is 29.8 Å². The van der Waals surface area contributed by atoms with Crippen molar-refractivity contribution in [3.8, 4) is 0 Å². The van der Waals surface area contributed by atoms with Gasteiger partial charge in [0.15, 0.2) is 0 Å². The first kappa shape index (κ1) is 11.7. The van der Waals surface area contributed by atoms with Gasteiger partial charge in [-0.15, -0.1) is 0 Å². The standard InChI is InChI=1S/C11H14NO.Tl/c1-2-3-9-12-11(13)10-7-5-4-6-8-10;/h4-5,7-8H,2-3,9H2,1H3,(H,12,13);. The van der Waals surface area contributed by atoms with Gasteiger partial charge in [-0.25, -0.2) is 0 Å². The van der Waals surface area contributed by atoms with Gasteiger partial charge in [0.2, 0.25) is 0 Å². The van der Waals surface area contributed by atoms with Crippen LogP contribution in [0, 0.1) is 0 Å². The Hall–Kier alpha value is -0.388. The van der Waals surface area contributed by atoms with Crippen LogP contribution in [0.3, 0.4) is 0 Å². The van der Waals surface area contributed by atoms with Crippen molar-refractivity contribution < 1.29 is 4.79 Å². The molecule has 0 fully saturated rings. The van der Waals surface area contributed by atoms with E-state index < -0.39 is 0 Å². The van der Waals surface area contributed by atoms with Gasteiger partial charge in [0.1, 0.15) is 0 Å². The molecule has 0 spiro atoms. The molecule has 3 heteroatoms. The van der Waals surface area contributed by atoms with Crippen molar-refractivity contribution in [3.63, 3.8) is 0 Å². The molecule has 0 bridgehead atoms. The number of nitrogens with one attached hydrogen (secondary N) is 1. The molecule has 0 radical (unpaired) electrons. The molecule has 0 saturated carbocycles. The SMILES string of the molecule is CCCCNC(=O)c1ccc[c]([Tl])c1. The van der Waals surface area contributed by atoms with Crippen LogP contribution in [0.25, 0.3) is 0 Å². The van der Waals surface area contributed by atoms with Crippen LogP contribution in [0.4, 0.5) is 0 Å². The molecule has 1 rings (SSSR count). The van der Waals surface area contributed by atoms with Gasteiger partial charge < -0.3 is 0 Å². The minimum absolute atomic E-state index is 0.0564. The van der Waals surface area contributed by atoms with Gasteiger partial charge >= 0.3 is 101 Å². The van der Waals surface area contributed by atoms with E-state index in [4.69, 9.17) is 0 Å². The van der Waals surface area contributed by atoms with Crippen LogP contribution in [-0.4, -0.2) is 38.2 Å². The maximum atomic E-state index is 11.6. The zero-order chi connectivity index (χ0) is 10.4. The fourth-order valence-corrected chi connectivity index (χ4v) is 2.29. The number of unbranched alkanes of at least 4 members (excludes halogenated alkanes) is 1. The summed E-state index contributed by atoms with van der Waals surface area (Å²) in [6, 6.07) is 7.86. The topological polar surface area (TPSA) is 29.1 Å². The molecule has 0 atom stereocenters. The molecule has 14 heavy (non-hydrogen) atoms. The van der Waals surface area contributed by atoms with Crippen LogP contribution in [-0.2, 0) is 0 Å². The second-order valence-corrected chi connectivity index (χ2v) is 5.83. The second kappa shape index (κ2) is 6.16. The van der Waals surface area contributed by atoms with Crippen LogP contribution in [0.5, 0.6) is 0 Å². The molecular weight excluding hydrogens is 367 g/mol. The molecule has 1 aromatic rings. The zero-order valence-corrected chi connectivity index (χ0v) is 12.9. The maximum absolute atomic E-state index is 11.6. The fourth-order valence-electron chi connectivity index (χ4n) is 1.16. The van der Waals surface area contributed by atoms with Gasteiger partial charge in [0, 0.05) is 0 Å². The molecule has 2 nitrogen and oxygen atoms in total. The van der Waals surface area contributed by atoms with E-state index in [-0.39, 0.29) is 5.91 Å². The third kappa shape index (κ3) is 3.78.